The van der Waals surface area contributed by atoms with Crippen LogP contribution in [0.3, 0.4) is 0 Å². The van der Waals surface area contributed by atoms with Gasteiger partial charge in [-0.2, -0.15) is 5.10 Å². The average Bonchev–Trinajstić information content (AvgIpc) is 2.88. The van der Waals surface area contributed by atoms with Crippen molar-refractivity contribution in [3.8, 4) is 10.6 Å². The minimum atomic E-state index is 0.885. The lowest BCUT2D eigenvalue weighted by atomic mass is 10.3. The summed E-state index contributed by atoms with van der Waals surface area (Å²) in [6.07, 6.45) is 3.57. The Bertz CT molecular complexity index is 554. The first-order chi connectivity index (χ1) is 6.95. The third-order valence-corrected chi connectivity index (χ3v) is 2.96. The molecule has 0 aliphatic rings. The molecule has 68 valence electrons. The van der Waals surface area contributed by atoms with E-state index >= 15 is 0 Å². The molecule has 0 saturated heterocycles. The van der Waals surface area contributed by atoms with Crippen molar-refractivity contribution in [1.82, 2.24) is 14.6 Å². The fourth-order valence-electron chi connectivity index (χ4n) is 1.45. The molecule has 0 atom stereocenters. The minimum absolute atomic E-state index is 0.885. The maximum atomic E-state index is 4.24. The van der Waals surface area contributed by atoms with Crippen LogP contribution in [0.2, 0.25) is 0 Å². The van der Waals surface area contributed by atoms with Crippen LogP contribution in [-0.2, 0) is 0 Å². The predicted molar refractivity (Wildman–Crippen MR) is 56.3 cm³/mol. The Balaban J connectivity index is 2.36. The largest absolute Gasteiger partial charge is 0.237 e. The molecular formula is C10H7N3S. The van der Waals surface area contributed by atoms with Crippen LogP contribution in [0.15, 0.2) is 42.0 Å². The Kier molecular flexibility index (Phi) is 1.61. The first-order valence-corrected chi connectivity index (χ1v) is 5.16. The molecule has 0 amide bonds. The molecule has 3 aromatic heterocycles. The zero-order valence-corrected chi connectivity index (χ0v) is 8.11. The van der Waals surface area contributed by atoms with Crippen LogP contribution in [0, 0.1) is 0 Å². The maximum Gasteiger partial charge on any atom is 0.155 e. The van der Waals surface area contributed by atoms with Gasteiger partial charge in [0.1, 0.15) is 0 Å². The number of fused-ring (bicyclic) bond motifs is 1. The van der Waals surface area contributed by atoms with Gasteiger partial charge >= 0.3 is 0 Å². The first kappa shape index (κ1) is 7.70. The topological polar surface area (TPSA) is 30.2 Å². The van der Waals surface area contributed by atoms with Crippen molar-refractivity contribution in [2.75, 3.05) is 0 Å². The molecule has 0 bridgehead atoms. The SMILES string of the molecule is c1csc(-c2ccnc3ccnn23)c1. The summed E-state index contributed by atoms with van der Waals surface area (Å²) in [7, 11) is 0. The van der Waals surface area contributed by atoms with Gasteiger partial charge in [-0.15, -0.1) is 11.3 Å². The normalized spacial score (nSPS) is 10.9. The van der Waals surface area contributed by atoms with E-state index in [9.17, 15) is 0 Å². The van der Waals surface area contributed by atoms with Crippen LogP contribution in [0.1, 0.15) is 0 Å². The number of rotatable bonds is 1. The van der Waals surface area contributed by atoms with E-state index in [1.807, 2.05) is 28.9 Å². The van der Waals surface area contributed by atoms with Crippen LogP contribution >= 0.6 is 11.3 Å². The van der Waals surface area contributed by atoms with Gasteiger partial charge in [-0.1, -0.05) is 6.07 Å². The minimum Gasteiger partial charge on any atom is -0.237 e. The van der Waals surface area contributed by atoms with Gasteiger partial charge < -0.3 is 0 Å². The van der Waals surface area contributed by atoms with Crippen molar-refractivity contribution < 1.29 is 0 Å². The monoisotopic (exact) mass is 201 g/mol. The maximum absolute atomic E-state index is 4.24. The van der Waals surface area contributed by atoms with Gasteiger partial charge in [0.05, 0.1) is 16.8 Å². The molecule has 3 rings (SSSR count). The standard InChI is InChI=1S/C10H7N3S/c1-2-9(14-7-1)8-3-5-11-10-4-6-12-13(8)10/h1-7H. The summed E-state index contributed by atoms with van der Waals surface area (Å²) in [6.45, 7) is 0. The van der Waals surface area contributed by atoms with E-state index in [1.54, 1.807) is 17.5 Å². The van der Waals surface area contributed by atoms with Gasteiger partial charge in [-0.25, -0.2) is 9.50 Å². The molecule has 0 spiro atoms. The second kappa shape index (κ2) is 2.92. The number of thiophene rings is 1. The quantitative estimate of drug-likeness (QED) is 0.605. The zero-order valence-electron chi connectivity index (χ0n) is 7.29. The number of nitrogens with zero attached hydrogens (tertiary/aromatic N) is 3. The van der Waals surface area contributed by atoms with Crippen LogP contribution in [0.4, 0.5) is 0 Å². The molecule has 0 aliphatic carbocycles. The number of aromatic nitrogens is 3. The van der Waals surface area contributed by atoms with Crippen molar-refractivity contribution in [2.45, 2.75) is 0 Å². The molecule has 0 saturated carbocycles. The van der Waals surface area contributed by atoms with Gasteiger partial charge in [0.2, 0.25) is 0 Å². The molecule has 3 heterocycles. The fraction of sp³-hybridized carbons (Fsp3) is 0. The molecule has 4 heteroatoms. The lowest BCUT2D eigenvalue weighted by molar-refractivity contribution is 0.950. The second-order valence-electron chi connectivity index (χ2n) is 2.91. The third kappa shape index (κ3) is 1.04. The molecule has 3 aromatic rings. The molecule has 0 aromatic carbocycles. The van der Waals surface area contributed by atoms with E-state index in [-0.39, 0.29) is 0 Å². The van der Waals surface area contributed by atoms with Crippen molar-refractivity contribution in [3.63, 3.8) is 0 Å². The van der Waals surface area contributed by atoms with Crippen LogP contribution in [0.5, 0.6) is 0 Å². The highest BCUT2D eigenvalue weighted by Crippen LogP contribution is 2.23. The predicted octanol–water partition coefficient (Wildman–Crippen LogP) is 2.46. The van der Waals surface area contributed by atoms with Crippen molar-refractivity contribution in [1.29, 1.82) is 0 Å². The van der Waals surface area contributed by atoms with Crippen molar-refractivity contribution in [3.05, 3.63) is 42.0 Å². The highest BCUT2D eigenvalue weighted by molar-refractivity contribution is 7.13. The van der Waals surface area contributed by atoms with E-state index in [4.69, 9.17) is 0 Å². The lowest BCUT2D eigenvalue weighted by Crippen LogP contribution is -1.93. The van der Waals surface area contributed by atoms with E-state index in [1.165, 1.54) is 4.88 Å². The molecule has 0 aliphatic heterocycles. The molecule has 0 unspecified atom stereocenters. The van der Waals surface area contributed by atoms with Crippen molar-refractivity contribution >= 4 is 17.0 Å². The Morgan fingerprint density at radius 1 is 1.14 bits per heavy atom. The molecule has 0 fully saturated rings. The van der Waals surface area contributed by atoms with Gasteiger partial charge in [0, 0.05) is 12.3 Å². The van der Waals surface area contributed by atoms with E-state index in [0.717, 1.165) is 11.3 Å². The van der Waals surface area contributed by atoms with Gasteiger partial charge in [-0.05, 0) is 17.5 Å². The van der Waals surface area contributed by atoms with E-state index < -0.39 is 0 Å². The number of hydrogen-bond donors (Lipinski definition) is 0. The summed E-state index contributed by atoms with van der Waals surface area (Å²) < 4.78 is 1.85. The summed E-state index contributed by atoms with van der Waals surface area (Å²) in [6, 6.07) is 8.00. The molecule has 0 N–H and O–H groups in total. The third-order valence-electron chi connectivity index (χ3n) is 2.06. The second-order valence-corrected chi connectivity index (χ2v) is 3.86. The highest BCUT2D eigenvalue weighted by atomic mass is 32.1. The first-order valence-electron chi connectivity index (χ1n) is 4.28. The zero-order chi connectivity index (χ0) is 9.38. The van der Waals surface area contributed by atoms with Crippen LogP contribution in [-0.4, -0.2) is 14.6 Å². The van der Waals surface area contributed by atoms with Crippen LogP contribution < -0.4 is 0 Å². The van der Waals surface area contributed by atoms with E-state index in [0.29, 0.717) is 0 Å². The van der Waals surface area contributed by atoms with Gasteiger partial charge in [-0.3, -0.25) is 0 Å². The Morgan fingerprint density at radius 3 is 3.00 bits per heavy atom. The highest BCUT2D eigenvalue weighted by Gasteiger charge is 2.04. The van der Waals surface area contributed by atoms with Gasteiger partial charge in [0.15, 0.2) is 5.65 Å². The average molecular weight is 201 g/mol. The molecule has 3 nitrogen and oxygen atoms in total. The smallest absolute Gasteiger partial charge is 0.155 e. The molecular weight excluding hydrogens is 194 g/mol. The summed E-state index contributed by atoms with van der Waals surface area (Å²) >= 11 is 1.71. The van der Waals surface area contributed by atoms with Crippen molar-refractivity contribution in [2.24, 2.45) is 0 Å². The van der Waals surface area contributed by atoms with Crippen LogP contribution in [0.25, 0.3) is 16.2 Å². The summed E-state index contributed by atoms with van der Waals surface area (Å²) in [4.78, 5) is 5.43. The summed E-state index contributed by atoms with van der Waals surface area (Å²) in [5.74, 6) is 0. The summed E-state index contributed by atoms with van der Waals surface area (Å²) in [5.41, 5.74) is 1.98. The molecule has 0 radical (unpaired) electrons. The van der Waals surface area contributed by atoms with Gasteiger partial charge in [0.25, 0.3) is 0 Å². The Morgan fingerprint density at radius 2 is 2.14 bits per heavy atom. The Hall–Kier alpha value is -1.68. The number of hydrogen-bond acceptors (Lipinski definition) is 3. The Labute approximate surface area is 84.7 Å². The lowest BCUT2D eigenvalue weighted by Gasteiger charge is -2.00. The molecule has 14 heavy (non-hydrogen) atoms. The fourth-order valence-corrected chi connectivity index (χ4v) is 2.18. The summed E-state index contributed by atoms with van der Waals surface area (Å²) in [5, 5.41) is 6.30. The van der Waals surface area contributed by atoms with E-state index in [2.05, 4.69) is 21.5 Å².